The second kappa shape index (κ2) is 6.68. The zero-order valence-electron chi connectivity index (χ0n) is 11.3. The van der Waals surface area contributed by atoms with Crippen molar-refractivity contribution in [2.24, 2.45) is 0 Å². The molecule has 2 heterocycles. The molecular formula is C13H21N3O3. The molecule has 6 heteroatoms. The molecule has 1 saturated heterocycles. The van der Waals surface area contributed by atoms with Gasteiger partial charge in [0.15, 0.2) is 0 Å². The molecule has 0 unspecified atom stereocenters. The van der Waals surface area contributed by atoms with Crippen LogP contribution in [0.15, 0.2) is 12.4 Å². The van der Waals surface area contributed by atoms with E-state index in [-0.39, 0.29) is 12.7 Å². The predicted molar refractivity (Wildman–Crippen MR) is 69.8 cm³/mol. The molecule has 1 aliphatic rings. The summed E-state index contributed by atoms with van der Waals surface area (Å²) in [5, 5.41) is 12.8. The van der Waals surface area contributed by atoms with Crippen LogP contribution in [0.2, 0.25) is 0 Å². The smallest absolute Gasteiger partial charge is 0.329 e. The van der Waals surface area contributed by atoms with Crippen molar-refractivity contribution >= 4 is 5.97 Å². The second-order valence-electron chi connectivity index (χ2n) is 4.88. The zero-order valence-corrected chi connectivity index (χ0v) is 11.3. The molecule has 1 aliphatic heterocycles. The van der Waals surface area contributed by atoms with E-state index in [1.54, 1.807) is 0 Å². The maximum absolute atomic E-state index is 10.4. The fraction of sp³-hybridized carbons (Fsp3) is 0.692. The van der Waals surface area contributed by atoms with E-state index in [0.29, 0.717) is 0 Å². The summed E-state index contributed by atoms with van der Waals surface area (Å²) in [4.78, 5) is 12.8. The van der Waals surface area contributed by atoms with E-state index in [1.807, 2.05) is 10.9 Å². The molecule has 2 rings (SSSR count). The Morgan fingerprint density at radius 2 is 2.26 bits per heavy atom. The minimum Gasteiger partial charge on any atom is -0.480 e. The molecule has 0 amide bonds. The van der Waals surface area contributed by atoms with Gasteiger partial charge in [0.05, 0.1) is 12.3 Å². The molecule has 0 aromatic carbocycles. The molecule has 6 nitrogen and oxygen atoms in total. The van der Waals surface area contributed by atoms with Gasteiger partial charge in [-0.1, -0.05) is 0 Å². The van der Waals surface area contributed by atoms with Crippen LogP contribution in [0.3, 0.4) is 0 Å². The van der Waals surface area contributed by atoms with Gasteiger partial charge in [-0.2, -0.15) is 5.10 Å². The van der Waals surface area contributed by atoms with Gasteiger partial charge in [0.25, 0.3) is 0 Å². The Labute approximate surface area is 113 Å². The minimum atomic E-state index is -0.894. The summed E-state index contributed by atoms with van der Waals surface area (Å²) in [5.41, 5.74) is 1.23. The molecular weight excluding hydrogens is 246 g/mol. The Morgan fingerprint density at radius 1 is 1.53 bits per heavy atom. The summed E-state index contributed by atoms with van der Waals surface area (Å²) in [6.07, 6.45) is 5.87. The number of rotatable bonds is 6. The first-order chi connectivity index (χ1) is 9.17. The van der Waals surface area contributed by atoms with E-state index < -0.39 is 5.97 Å². The maximum Gasteiger partial charge on any atom is 0.329 e. The largest absolute Gasteiger partial charge is 0.480 e. The van der Waals surface area contributed by atoms with Crippen LogP contribution in [0.5, 0.6) is 0 Å². The SMILES string of the molecule is CCn1cc(CN2CCC(OCC(=O)O)CC2)cn1. The van der Waals surface area contributed by atoms with E-state index >= 15 is 0 Å². The molecule has 0 aliphatic carbocycles. The summed E-state index contributed by atoms with van der Waals surface area (Å²) >= 11 is 0. The number of likely N-dealkylation sites (tertiary alicyclic amines) is 1. The second-order valence-corrected chi connectivity index (χ2v) is 4.88. The van der Waals surface area contributed by atoms with Gasteiger partial charge < -0.3 is 9.84 Å². The van der Waals surface area contributed by atoms with Gasteiger partial charge in [0.1, 0.15) is 6.61 Å². The lowest BCUT2D eigenvalue weighted by Gasteiger charge is -2.31. The third kappa shape index (κ3) is 4.33. The number of nitrogens with zero attached hydrogens (tertiary/aromatic N) is 3. The molecule has 0 bridgehead atoms. The molecule has 106 valence electrons. The first kappa shape index (κ1) is 14.0. The van der Waals surface area contributed by atoms with Gasteiger partial charge in [-0.15, -0.1) is 0 Å². The Kier molecular flexibility index (Phi) is 4.93. The Bertz CT molecular complexity index is 411. The first-order valence-electron chi connectivity index (χ1n) is 6.74. The molecule has 0 saturated carbocycles. The summed E-state index contributed by atoms with van der Waals surface area (Å²) in [7, 11) is 0. The Hall–Kier alpha value is -1.40. The van der Waals surface area contributed by atoms with Crippen LogP contribution >= 0.6 is 0 Å². The van der Waals surface area contributed by atoms with Crippen molar-refractivity contribution in [2.75, 3.05) is 19.7 Å². The highest BCUT2D eigenvalue weighted by atomic mass is 16.5. The van der Waals surface area contributed by atoms with Gasteiger partial charge in [-0.05, 0) is 19.8 Å². The van der Waals surface area contributed by atoms with Crippen LogP contribution in [0, 0.1) is 0 Å². The summed E-state index contributed by atoms with van der Waals surface area (Å²) in [6, 6.07) is 0. The van der Waals surface area contributed by atoms with Crippen molar-refractivity contribution in [3.8, 4) is 0 Å². The molecule has 0 atom stereocenters. The highest BCUT2D eigenvalue weighted by Crippen LogP contribution is 2.16. The van der Waals surface area contributed by atoms with E-state index in [0.717, 1.165) is 39.0 Å². The van der Waals surface area contributed by atoms with Gasteiger partial charge in [-0.3, -0.25) is 9.58 Å². The normalized spacial score (nSPS) is 17.7. The summed E-state index contributed by atoms with van der Waals surface area (Å²) in [6.45, 7) is 5.58. The number of aliphatic carboxylic acids is 1. The number of piperidine rings is 1. The van der Waals surface area contributed by atoms with Gasteiger partial charge in [-0.25, -0.2) is 4.79 Å². The van der Waals surface area contributed by atoms with Crippen LogP contribution in [0.25, 0.3) is 0 Å². The monoisotopic (exact) mass is 267 g/mol. The number of ether oxygens (including phenoxy) is 1. The molecule has 0 spiro atoms. The van der Waals surface area contributed by atoms with Crippen LogP contribution in [-0.2, 0) is 22.6 Å². The van der Waals surface area contributed by atoms with Crippen molar-refractivity contribution in [1.29, 1.82) is 0 Å². The lowest BCUT2D eigenvalue weighted by molar-refractivity contribution is -0.145. The van der Waals surface area contributed by atoms with E-state index in [1.165, 1.54) is 5.56 Å². The average Bonchev–Trinajstić information content (AvgIpc) is 2.85. The number of hydrogen-bond donors (Lipinski definition) is 1. The summed E-state index contributed by atoms with van der Waals surface area (Å²) < 4.78 is 7.25. The minimum absolute atomic E-state index is 0.0886. The van der Waals surface area contributed by atoms with Crippen molar-refractivity contribution in [3.05, 3.63) is 18.0 Å². The molecule has 1 N–H and O–H groups in total. The highest BCUT2D eigenvalue weighted by molar-refractivity contribution is 5.68. The van der Waals surface area contributed by atoms with Crippen molar-refractivity contribution < 1.29 is 14.6 Å². The van der Waals surface area contributed by atoms with Crippen LogP contribution in [0.1, 0.15) is 25.3 Å². The van der Waals surface area contributed by atoms with Gasteiger partial charge in [0, 0.05) is 37.9 Å². The van der Waals surface area contributed by atoms with Crippen molar-refractivity contribution in [3.63, 3.8) is 0 Å². The molecule has 1 fully saturated rings. The number of carbonyl (C=O) groups is 1. The molecule has 19 heavy (non-hydrogen) atoms. The number of carboxylic acid groups (broad SMARTS) is 1. The highest BCUT2D eigenvalue weighted by Gasteiger charge is 2.20. The molecule has 1 aromatic heterocycles. The fourth-order valence-corrected chi connectivity index (χ4v) is 2.34. The van der Waals surface area contributed by atoms with Crippen LogP contribution in [-0.4, -0.2) is 51.6 Å². The van der Waals surface area contributed by atoms with E-state index in [4.69, 9.17) is 9.84 Å². The number of aryl methyl sites for hydroxylation is 1. The van der Waals surface area contributed by atoms with Gasteiger partial charge in [0.2, 0.25) is 0 Å². The quantitative estimate of drug-likeness (QED) is 0.831. The van der Waals surface area contributed by atoms with Crippen LogP contribution < -0.4 is 0 Å². The first-order valence-corrected chi connectivity index (χ1v) is 6.74. The number of carboxylic acids is 1. The third-order valence-corrected chi connectivity index (χ3v) is 3.39. The zero-order chi connectivity index (χ0) is 13.7. The summed E-state index contributed by atoms with van der Waals surface area (Å²) in [5.74, 6) is -0.894. The Balaban J connectivity index is 1.72. The fourth-order valence-electron chi connectivity index (χ4n) is 2.34. The topological polar surface area (TPSA) is 67.6 Å². The number of aromatic nitrogens is 2. The van der Waals surface area contributed by atoms with Crippen molar-refractivity contribution in [1.82, 2.24) is 14.7 Å². The van der Waals surface area contributed by atoms with E-state index in [2.05, 4.69) is 23.1 Å². The van der Waals surface area contributed by atoms with E-state index in [9.17, 15) is 4.79 Å². The average molecular weight is 267 g/mol. The number of hydrogen-bond acceptors (Lipinski definition) is 4. The van der Waals surface area contributed by atoms with Crippen molar-refractivity contribution in [2.45, 2.75) is 39.0 Å². The Morgan fingerprint density at radius 3 is 2.84 bits per heavy atom. The maximum atomic E-state index is 10.4. The lowest BCUT2D eigenvalue weighted by atomic mass is 10.1. The molecule has 0 radical (unpaired) electrons. The van der Waals surface area contributed by atoms with Gasteiger partial charge >= 0.3 is 5.97 Å². The molecule has 1 aromatic rings. The lowest BCUT2D eigenvalue weighted by Crippen LogP contribution is -2.37. The third-order valence-electron chi connectivity index (χ3n) is 3.39. The predicted octanol–water partition coefficient (Wildman–Crippen LogP) is 0.969. The van der Waals surface area contributed by atoms with Crippen LogP contribution in [0.4, 0.5) is 0 Å². The standard InChI is InChI=1S/C13H21N3O3/c1-2-16-9-11(7-14-16)8-15-5-3-12(4-6-15)19-10-13(17)18/h7,9,12H,2-6,8,10H2,1H3,(H,17,18).